The molecule has 0 saturated heterocycles. The molecule has 0 aromatic carbocycles. The zero-order chi connectivity index (χ0) is 19.6. The topological polar surface area (TPSA) is 90.7 Å². The van der Waals surface area contributed by atoms with E-state index in [-0.39, 0.29) is 17.3 Å². The van der Waals surface area contributed by atoms with E-state index < -0.39 is 28.8 Å². The monoisotopic (exact) mass is 372 g/mol. The summed E-state index contributed by atoms with van der Waals surface area (Å²) in [6.07, 6.45) is -0.626. The maximum absolute atomic E-state index is 12.2. The number of ether oxygens (including phenoxy) is 2. The first-order chi connectivity index (χ1) is 11.2. The van der Waals surface area contributed by atoms with Crippen LogP contribution in [0.25, 0.3) is 0 Å². The van der Waals surface area contributed by atoms with Crippen LogP contribution in [0.15, 0.2) is 4.42 Å². The molecule has 0 aliphatic heterocycles. The first-order valence-electron chi connectivity index (χ1n) is 8.00. The zero-order valence-electron chi connectivity index (χ0n) is 16.1. The van der Waals surface area contributed by atoms with Gasteiger partial charge in [0.1, 0.15) is 22.5 Å². The van der Waals surface area contributed by atoms with E-state index in [4.69, 9.17) is 13.9 Å². The highest BCUT2D eigenvalue weighted by atomic mass is 32.1. The van der Waals surface area contributed by atoms with Crippen LogP contribution < -0.4 is 5.32 Å². The largest absolute Gasteiger partial charge is 0.455 e. The van der Waals surface area contributed by atoms with Crippen molar-refractivity contribution in [2.24, 2.45) is 0 Å². The Labute approximate surface area is 154 Å². The second kappa shape index (κ2) is 7.27. The average Bonchev–Trinajstić information content (AvgIpc) is 2.77. The molecule has 0 radical (unpaired) electrons. The minimum absolute atomic E-state index is 0.0731. The molecule has 7 nitrogen and oxygen atoms in total. The number of hydrogen-bond donors (Lipinski definition) is 2. The lowest BCUT2D eigenvalue weighted by Gasteiger charge is -2.28. The van der Waals surface area contributed by atoms with Crippen molar-refractivity contribution in [3.63, 3.8) is 0 Å². The molecule has 0 spiro atoms. The Kier molecular flexibility index (Phi) is 6.21. The van der Waals surface area contributed by atoms with Gasteiger partial charge in [0.2, 0.25) is 5.89 Å². The Hall–Kier alpha value is -1.70. The Balaban J connectivity index is 3.06. The van der Waals surface area contributed by atoms with Gasteiger partial charge in [-0.2, -0.15) is 12.6 Å². The van der Waals surface area contributed by atoms with Gasteiger partial charge in [-0.1, -0.05) is 0 Å². The van der Waals surface area contributed by atoms with Crippen LogP contribution in [0, 0.1) is 6.92 Å². The van der Waals surface area contributed by atoms with Gasteiger partial charge in [-0.15, -0.1) is 0 Å². The summed E-state index contributed by atoms with van der Waals surface area (Å²) in [6.45, 7) is 13.9. The maximum Gasteiger partial charge on any atom is 0.408 e. The SMILES string of the molecule is Cc1oc([C@](C)(CS)NC(=O)OC(C)(C)C)nc1C(=O)OC(C)(C)C. The molecule has 0 saturated carbocycles. The van der Waals surface area contributed by atoms with Crippen LogP contribution in [-0.4, -0.2) is 34.0 Å². The normalized spacial score (nSPS) is 14.6. The minimum atomic E-state index is -1.05. The number of hydrogen-bond acceptors (Lipinski definition) is 7. The van der Waals surface area contributed by atoms with E-state index >= 15 is 0 Å². The summed E-state index contributed by atoms with van der Waals surface area (Å²) in [6, 6.07) is 0. The summed E-state index contributed by atoms with van der Waals surface area (Å²) in [5.74, 6) is 0.0775. The van der Waals surface area contributed by atoms with Gasteiger partial charge in [0, 0.05) is 5.75 Å². The number of carbonyl (C=O) groups is 2. The number of esters is 1. The molecule has 1 rings (SSSR count). The van der Waals surface area contributed by atoms with Crippen molar-refractivity contribution in [2.45, 2.75) is 72.1 Å². The molecule has 0 aliphatic carbocycles. The molecular formula is C17H28N2O5S. The van der Waals surface area contributed by atoms with E-state index in [0.717, 1.165) is 0 Å². The van der Waals surface area contributed by atoms with Gasteiger partial charge < -0.3 is 19.2 Å². The number of carbonyl (C=O) groups excluding carboxylic acids is 2. The predicted octanol–water partition coefficient (Wildman–Crippen LogP) is 3.61. The zero-order valence-corrected chi connectivity index (χ0v) is 17.0. The van der Waals surface area contributed by atoms with E-state index in [0.29, 0.717) is 5.76 Å². The van der Waals surface area contributed by atoms with Crippen molar-refractivity contribution in [3.8, 4) is 0 Å². The number of nitrogens with one attached hydrogen (secondary N) is 1. The van der Waals surface area contributed by atoms with Crippen molar-refractivity contribution in [1.29, 1.82) is 0 Å². The average molecular weight is 372 g/mol. The highest BCUT2D eigenvalue weighted by Crippen LogP contribution is 2.26. The van der Waals surface area contributed by atoms with E-state index in [1.807, 2.05) is 0 Å². The van der Waals surface area contributed by atoms with Crippen molar-refractivity contribution < 1.29 is 23.5 Å². The molecule has 1 atom stereocenters. The molecule has 142 valence electrons. The van der Waals surface area contributed by atoms with Crippen LogP contribution in [0.4, 0.5) is 4.79 Å². The predicted molar refractivity (Wildman–Crippen MR) is 97.0 cm³/mol. The molecule has 0 aliphatic rings. The fraction of sp³-hybridized carbons (Fsp3) is 0.706. The third-order valence-electron chi connectivity index (χ3n) is 2.95. The number of thiol groups is 1. The van der Waals surface area contributed by atoms with Gasteiger partial charge in [0.05, 0.1) is 0 Å². The molecule has 0 bridgehead atoms. The Morgan fingerprint density at radius 2 is 1.60 bits per heavy atom. The lowest BCUT2D eigenvalue weighted by molar-refractivity contribution is 0.00615. The van der Waals surface area contributed by atoms with Crippen molar-refractivity contribution in [3.05, 3.63) is 17.3 Å². The summed E-state index contributed by atoms with van der Waals surface area (Å²) >= 11 is 4.28. The molecule has 8 heteroatoms. The molecule has 25 heavy (non-hydrogen) atoms. The molecular weight excluding hydrogens is 344 g/mol. The fourth-order valence-corrected chi connectivity index (χ4v) is 2.05. The van der Waals surface area contributed by atoms with Gasteiger partial charge in [0.25, 0.3) is 0 Å². The Bertz CT molecular complexity index is 642. The number of rotatable bonds is 4. The summed E-state index contributed by atoms with van der Waals surface area (Å²) < 4.78 is 16.2. The van der Waals surface area contributed by atoms with Crippen LogP contribution in [0.5, 0.6) is 0 Å². The smallest absolute Gasteiger partial charge is 0.408 e. The second-order valence-electron chi connectivity index (χ2n) is 8.04. The third-order valence-corrected chi connectivity index (χ3v) is 3.59. The van der Waals surface area contributed by atoms with E-state index in [2.05, 4.69) is 22.9 Å². The van der Waals surface area contributed by atoms with Gasteiger partial charge in [-0.25, -0.2) is 14.6 Å². The van der Waals surface area contributed by atoms with Crippen molar-refractivity contribution >= 4 is 24.7 Å². The second-order valence-corrected chi connectivity index (χ2v) is 8.36. The lowest BCUT2D eigenvalue weighted by Crippen LogP contribution is -2.47. The summed E-state index contributed by atoms with van der Waals surface area (Å²) in [4.78, 5) is 28.6. The maximum atomic E-state index is 12.2. The standard InChI is InChI=1S/C17H28N2O5S/c1-10-11(12(20)23-15(2,3)4)18-13(22-10)17(8,9-25)19-14(21)24-16(5,6)7/h25H,9H2,1-8H3,(H,19,21)/t17-/m0/s1. The third kappa shape index (κ3) is 6.26. The lowest BCUT2D eigenvalue weighted by atomic mass is 10.1. The van der Waals surface area contributed by atoms with E-state index in [1.165, 1.54) is 0 Å². The molecule has 0 unspecified atom stereocenters. The first-order valence-corrected chi connectivity index (χ1v) is 8.63. The molecule has 1 amide bonds. The van der Waals surface area contributed by atoms with Crippen molar-refractivity contribution in [2.75, 3.05) is 5.75 Å². The quantitative estimate of drug-likeness (QED) is 0.620. The van der Waals surface area contributed by atoms with Crippen LogP contribution in [0.2, 0.25) is 0 Å². The van der Waals surface area contributed by atoms with E-state index in [9.17, 15) is 9.59 Å². The molecule has 0 fully saturated rings. The van der Waals surface area contributed by atoms with Crippen LogP contribution in [-0.2, 0) is 15.0 Å². The van der Waals surface area contributed by atoms with Crippen molar-refractivity contribution in [1.82, 2.24) is 10.3 Å². The highest BCUT2D eigenvalue weighted by molar-refractivity contribution is 7.80. The van der Waals surface area contributed by atoms with Gasteiger partial charge in [0.15, 0.2) is 5.69 Å². The fourth-order valence-electron chi connectivity index (χ4n) is 1.84. The number of aromatic nitrogens is 1. The summed E-state index contributed by atoms with van der Waals surface area (Å²) in [5, 5.41) is 2.70. The molecule has 1 N–H and O–H groups in total. The van der Waals surface area contributed by atoms with Gasteiger partial charge in [-0.05, 0) is 55.4 Å². The van der Waals surface area contributed by atoms with Gasteiger partial charge >= 0.3 is 12.1 Å². The number of amides is 1. The number of oxazole rings is 1. The number of nitrogens with zero attached hydrogens (tertiary/aromatic N) is 1. The molecule has 1 heterocycles. The molecule has 1 aromatic heterocycles. The number of alkyl carbamates (subject to hydrolysis) is 1. The number of aryl methyl sites for hydroxylation is 1. The van der Waals surface area contributed by atoms with Crippen LogP contribution >= 0.6 is 12.6 Å². The highest BCUT2D eigenvalue weighted by Gasteiger charge is 2.36. The van der Waals surface area contributed by atoms with Crippen LogP contribution in [0.1, 0.15) is 70.6 Å². The molecule has 1 aromatic rings. The van der Waals surface area contributed by atoms with Crippen LogP contribution in [0.3, 0.4) is 0 Å². The van der Waals surface area contributed by atoms with E-state index in [1.54, 1.807) is 55.4 Å². The Morgan fingerprint density at radius 3 is 2.04 bits per heavy atom. The summed E-state index contributed by atoms with van der Waals surface area (Å²) in [5.41, 5.74) is -2.26. The first kappa shape index (κ1) is 21.3. The minimum Gasteiger partial charge on any atom is -0.455 e. The summed E-state index contributed by atoms with van der Waals surface area (Å²) in [7, 11) is 0. The van der Waals surface area contributed by atoms with Gasteiger partial charge in [-0.3, -0.25) is 0 Å². The Morgan fingerprint density at radius 1 is 1.08 bits per heavy atom.